The van der Waals surface area contributed by atoms with Crippen LogP contribution in [0.1, 0.15) is 61.3 Å². The summed E-state index contributed by atoms with van der Waals surface area (Å²) in [7, 11) is 0. The summed E-state index contributed by atoms with van der Waals surface area (Å²) >= 11 is 1.42. The van der Waals surface area contributed by atoms with Crippen molar-refractivity contribution in [2.45, 2.75) is 44.9 Å². The molecule has 0 unspecified atom stereocenters. The van der Waals surface area contributed by atoms with Crippen LogP contribution in [0.5, 0.6) is 0 Å². The Kier molecular flexibility index (Phi) is 3.41. The van der Waals surface area contributed by atoms with E-state index in [0.717, 1.165) is 24.1 Å². The van der Waals surface area contributed by atoms with Crippen molar-refractivity contribution < 1.29 is 4.79 Å². The van der Waals surface area contributed by atoms with Gasteiger partial charge in [0, 0.05) is 22.6 Å². The molecular formula is C21H22N4OS. The van der Waals surface area contributed by atoms with Crippen molar-refractivity contribution in [1.82, 2.24) is 14.8 Å². The molecule has 6 heteroatoms. The smallest absolute Gasteiger partial charge is 0.278 e. The van der Waals surface area contributed by atoms with Crippen LogP contribution in [0.25, 0.3) is 5.69 Å². The zero-order chi connectivity index (χ0) is 18.8. The van der Waals surface area contributed by atoms with Gasteiger partial charge in [0.25, 0.3) is 5.91 Å². The van der Waals surface area contributed by atoms with Crippen LogP contribution in [0.2, 0.25) is 0 Å². The van der Waals surface area contributed by atoms with E-state index in [1.807, 2.05) is 28.3 Å². The SMILES string of the molecule is CC1(C)[C@H]2CC[C@@]1(C)c1c2c(C(=O)Nc2nccs2)nn1-c1ccccc1. The fraction of sp³-hybridized carbons (Fsp3) is 0.381. The first kappa shape index (κ1) is 16.7. The Morgan fingerprint density at radius 2 is 2.04 bits per heavy atom. The van der Waals surface area contributed by atoms with E-state index in [4.69, 9.17) is 5.10 Å². The van der Waals surface area contributed by atoms with Gasteiger partial charge in [0.1, 0.15) is 0 Å². The Balaban J connectivity index is 1.70. The van der Waals surface area contributed by atoms with E-state index in [9.17, 15) is 4.79 Å². The number of thiazole rings is 1. The predicted octanol–water partition coefficient (Wildman–Crippen LogP) is 4.76. The summed E-state index contributed by atoms with van der Waals surface area (Å²) in [5, 5.41) is 10.2. The predicted molar refractivity (Wildman–Crippen MR) is 107 cm³/mol. The van der Waals surface area contributed by atoms with Crippen LogP contribution >= 0.6 is 11.3 Å². The van der Waals surface area contributed by atoms with Gasteiger partial charge in [-0.3, -0.25) is 10.1 Å². The third-order valence-electron chi connectivity index (χ3n) is 6.89. The first-order valence-corrected chi connectivity index (χ1v) is 10.2. The van der Waals surface area contributed by atoms with Crippen LogP contribution in [0, 0.1) is 5.41 Å². The Morgan fingerprint density at radius 1 is 1.26 bits per heavy atom. The second-order valence-corrected chi connectivity index (χ2v) is 9.19. The summed E-state index contributed by atoms with van der Waals surface area (Å²) in [6, 6.07) is 10.1. The summed E-state index contributed by atoms with van der Waals surface area (Å²) in [6.45, 7) is 7.01. The maximum atomic E-state index is 13.1. The van der Waals surface area contributed by atoms with Gasteiger partial charge in [-0.2, -0.15) is 5.10 Å². The molecule has 2 bridgehead atoms. The van der Waals surface area contributed by atoms with Gasteiger partial charge in [-0.1, -0.05) is 39.0 Å². The molecule has 5 rings (SSSR count). The van der Waals surface area contributed by atoms with Gasteiger partial charge in [0.2, 0.25) is 0 Å². The highest BCUT2D eigenvalue weighted by molar-refractivity contribution is 7.13. The maximum absolute atomic E-state index is 13.1. The molecule has 2 heterocycles. The van der Waals surface area contributed by atoms with Gasteiger partial charge in [0.05, 0.1) is 11.4 Å². The second kappa shape index (κ2) is 5.52. The minimum atomic E-state index is -0.164. The molecule has 1 N–H and O–H groups in total. The lowest BCUT2D eigenvalue weighted by Crippen LogP contribution is -2.33. The summed E-state index contributed by atoms with van der Waals surface area (Å²) < 4.78 is 2.01. The van der Waals surface area contributed by atoms with Crippen LogP contribution in [0.3, 0.4) is 0 Å². The maximum Gasteiger partial charge on any atom is 0.278 e. The van der Waals surface area contributed by atoms with Crippen molar-refractivity contribution in [3.8, 4) is 5.69 Å². The number of benzene rings is 1. The van der Waals surface area contributed by atoms with Crippen molar-refractivity contribution in [3.63, 3.8) is 0 Å². The number of hydrogen-bond donors (Lipinski definition) is 1. The molecule has 0 aliphatic heterocycles. The van der Waals surface area contributed by atoms with Gasteiger partial charge in [-0.25, -0.2) is 9.67 Å². The van der Waals surface area contributed by atoms with Crippen LogP contribution < -0.4 is 5.32 Å². The topological polar surface area (TPSA) is 59.8 Å². The van der Waals surface area contributed by atoms with Crippen molar-refractivity contribution in [2.75, 3.05) is 5.32 Å². The molecule has 0 radical (unpaired) electrons. The molecule has 2 aliphatic rings. The van der Waals surface area contributed by atoms with Gasteiger partial charge < -0.3 is 0 Å². The molecule has 0 saturated heterocycles. The third-order valence-corrected chi connectivity index (χ3v) is 7.58. The molecule has 3 aromatic rings. The lowest BCUT2D eigenvalue weighted by molar-refractivity contribution is 0.101. The number of rotatable bonds is 3. The number of hydrogen-bond acceptors (Lipinski definition) is 4. The Labute approximate surface area is 162 Å². The number of amides is 1. The van der Waals surface area contributed by atoms with Crippen molar-refractivity contribution >= 4 is 22.4 Å². The van der Waals surface area contributed by atoms with Crippen LogP contribution in [0.15, 0.2) is 41.9 Å². The number of aromatic nitrogens is 3. The van der Waals surface area contributed by atoms with Crippen LogP contribution in [0.4, 0.5) is 5.13 Å². The summed E-state index contributed by atoms with van der Waals surface area (Å²) in [5.41, 5.74) is 4.01. The Bertz CT molecular complexity index is 1020. The molecule has 2 aliphatic carbocycles. The lowest BCUT2D eigenvalue weighted by Gasteiger charge is -2.35. The highest BCUT2D eigenvalue weighted by atomic mass is 32.1. The number of nitrogens with one attached hydrogen (secondary N) is 1. The molecule has 1 aromatic carbocycles. The van der Waals surface area contributed by atoms with Crippen molar-refractivity contribution in [3.05, 3.63) is 58.9 Å². The molecule has 5 nitrogen and oxygen atoms in total. The molecule has 1 saturated carbocycles. The summed E-state index contributed by atoms with van der Waals surface area (Å²) in [6.07, 6.45) is 3.93. The van der Waals surface area contributed by atoms with E-state index in [1.54, 1.807) is 6.20 Å². The first-order chi connectivity index (χ1) is 12.9. The average molecular weight is 379 g/mol. The van der Waals surface area contributed by atoms with Crippen molar-refractivity contribution in [2.24, 2.45) is 5.41 Å². The number of nitrogens with zero attached hydrogens (tertiary/aromatic N) is 3. The zero-order valence-corrected chi connectivity index (χ0v) is 16.5. The highest BCUT2D eigenvalue weighted by Crippen LogP contribution is 2.68. The second-order valence-electron chi connectivity index (χ2n) is 8.29. The molecule has 1 fully saturated rings. The first-order valence-electron chi connectivity index (χ1n) is 9.33. The number of fused-ring (bicyclic) bond motifs is 5. The summed E-state index contributed by atoms with van der Waals surface area (Å²) in [4.78, 5) is 17.3. The van der Waals surface area contributed by atoms with E-state index >= 15 is 0 Å². The average Bonchev–Trinajstić information content (AvgIpc) is 3.37. The normalized spacial score (nSPS) is 24.8. The molecule has 0 spiro atoms. The van der Waals surface area contributed by atoms with E-state index < -0.39 is 0 Å². The Hall–Kier alpha value is -2.47. The van der Waals surface area contributed by atoms with Gasteiger partial charge in [-0.15, -0.1) is 11.3 Å². The fourth-order valence-electron chi connectivity index (χ4n) is 5.09. The number of anilines is 1. The van der Waals surface area contributed by atoms with Crippen LogP contribution in [-0.2, 0) is 5.41 Å². The molecular weight excluding hydrogens is 356 g/mol. The minimum Gasteiger partial charge on any atom is -0.296 e. The van der Waals surface area contributed by atoms with Crippen LogP contribution in [-0.4, -0.2) is 20.7 Å². The summed E-state index contributed by atoms with van der Waals surface area (Å²) in [5.74, 6) is 0.190. The molecule has 1 amide bonds. The third kappa shape index (κ3) is 2.13. The monoisotopic (exact) mass is 378 g/mol. The van der Waals surface area contributed by atoms with Crippen molar-refractivity contribution in [1.29, 1.82) is 0 Å². The van der Waals surface area contributed by atoms with Gasteiger partial charge >= 0.3 is 0 Å². The minimum absolute atomic E-state index is 0.00948. The van der Waals surface area contributed by atoms with E-state index in [-0.39, 0.29) is 16.7 Å². The molecule has 27 heavy (non-hydrogen) atoms. The lowest BCUT2D eigenvalue weighted by atomic mass is 9.70. The van der Waals surface area contributed by atoms with E-state index in [1.165, 1.54) is 17.0 Å². The largest absolute Gasteiger partial charge is 0.296 e. The van der Waals surface area contributed by atoms with E-state index in [0.29, 0.717) is 16.7 Å². The zero-order valence-electron chi connectivity index (χ0n) is 15.7. The van der Waals surface area contributed by atoms with Gasteiger partial charge in [0.15, 0.2) is 10.8 Å². The Morgan fingerprint density at radius 3 is 2.74 bits per heavy atom. The number of carbonyl (C=O) groups excluding carboxylic acids is 1. The standard InChI is InChI=1S/C21H22N4OS/c1-20(2)14-9-10-21(20,3)17-15(14)16(18(26)23-19-22-11-12-27-19)24-25(17)13-7-5-4-6-8-13/h4-8,11-12,14H,9-10H2,1-3H3,(H,22,23,26)/t14-,21-/m0/s1. The quantitative estimate of drug-likeness (QED) is 0.715. The number of para-hydroxylation sites is 1. The van der Waals surface area contributed by atoms with Gasteiger partial charge in [-0.05, 0) is 36.3 Å². The number of carbonyl (C=O) groups is 1. The molecule has 2 atom stereocenters. The van der Waals surface area contributed by atoms with E-state index in [2.05, 4.69) is 43.2 Å². The molecule has 2 aromatic heterocycles. The highest BCUT2D eigenvalue weighted by Gasteiger charge is 2.63. The molecule has 138 valence electrons. The fourth-order valence-corrected chi connectivity index (χ4v) is 5.61.